The number of aromatic nitrogens is 2. The van der Waals surface area contributed by atoms with Crippen molar-refractivity contribution in [2.75, 3.05) is 0 Å². The van der Waals surface area contributed by atoms with E-state index < -0.39 is 0 Å². The molecule has 2 aromatic rings. The lowest BCUT2D eigenvalue weighted by atomic mass is 10.1. The maximum Gasteiger partial charge on any atom is 0.123 e. The summed E-state index contributed by atoms with van der Waals surface area (Å²) in [6, 6.07) is 4.83. The highest BCUT2D eigenvalue weighted by Gasteiger charge is 2.07. The molecular weight excluding hydrogens is 309 g/mol. The molecule has 2 N–H and O–H groups in total. The van der Waals surface area contributed by atoms with Crippen molar-refractivity contribution in [3.05, 3.63) is 52.0 Å². The van der Waals surface area contributed by atoms with Crippen molar-refractivity contribution in [1.29, 1.82) is 0 Å². The number of hydrogen-bond acceptors (Lipinski definition) is 2. The van der Waals surface area contributed by atoms with Gasteiger partial charge in [0, 0.05) is 16.7 Å². The van der Waals surface area contributed by atoms with Crippen molar-refractivity contribution in [2.45, 2.75) is 32.4 Å². The lowest BCUT2D eigenvalue weighted by Crippen LogP contribution is -2.21. The molecule has 5 heteroatoms. The third-order valence-corrected chi connectivity index (χ3v) is 3.82. The molecular formula is C14H17BrFN3. The van der Waals surface area contributed by atoms with E-state index in [0.717, 1.165) is 28.4 Å². The SMILES string of the molecule is CCC(N)Cc1cnn(Cc2cc(F)ccc2Br)c1. The standard InChI is InChI=1S/C14H17BrFN3/c1-2-13(17)5-10-7-18-19(8-10)9-11-6-12(16)3-4-14(11)15/h3-4,6-8,13H,2,5,9,17H2,1H3. The van der Waals surface area contributed by atoms with Crippen LogP contribution in [0.2, 0.25) is 0 Å². The zero-order chi connectivity index (χ0) is 13.8. The van der Waals surface area contributed by atoms with Gasteiger partial charge in [-0.15, -0.1) is 0 Å². The predicted molar refractivity (Wildman–Crippen MR) is 77.4 cm³/mol. The monoisotopic (exact) mass is 325 g/mol. The molecule has 1 atom stereocenters. The average Bonchev–Trinajstić information content (AvgIpc) is 2.81. The smallest absolute Gasteiger partial charge is 0.123 e. The van der Waals surface area contributed by atoms with E-state index in [1.54, 1.807) is 10.7 Å². The Kier molecular flexibility index (Phi) is 4.71. The van der Waals surface area contributed by atoms with Crippen LogP contribution < -0.4 is 5.73 Å². The minimum absolute atomic E-state index is 0.165. The highest BCUT2D eigenvalue weighted by Crippen LogP contribution is 2.19. The quantitative estimate of drug-likeness (QED) is 0.917. The minimum atomic E-state index is -0.237. The first kappa shape index (κ1) is 14.2. The number of halogens is 2. The summed E-state index contributed by atoms with van der Waals surface area (Å²) in [5, 5.41) is 4.29. The van der Waals surface area contributed by atoms with Crippen molar-refractivity contribution in [3.63, 3.8) is 0 Å². The van der Waals surface area contributed by atoms with E-state index in [2.05, 4.69) is 28.0 Å². The summed E-state index contributed by atoms with van der Waals surface area (Å²) in [5.74, 6) is -0.237. The van der Waals surface area contributed by atoms with Crippen LogP contribution in [-0.2, 0) is 13.0 Å². The van der Waals surface area contributed by atoms with Crippen LogP contribution in [0.1, 0.15) is 24.5 Å². The summed E-state index contributed by atoms with van der Waals surface area (Å²) in [7, 11) is 0. The first-order chi connectivity index (χ1) is 9.08. The fraction of sp³-hybridized carbons (Fsp3) is 0.357. The van der Waals surface area contributed by atoms with Crippen molar-refractivity contribution >= 4 is 15.9 Å². The van der Waals surface area contributed by atoms with E-state index in [-0.39, 0.29) is 11.9 Å². The molecule has 2 rings (SSSR count). The molecule has 0 fully saturated rings. The summed E-state index contributed by atoms with van der Waals surface area (Å²) in [6.07, 6.45) is 5.55. The van der Waals surface area contributed by atoms with Gasteiger partial charge in [-0.2, -0.15) is 5.10 Å². The van der Waals surface area contributed by atoms with Crippen LogP contribution in [0.25, 0.3) is 0 Å². The van der Waals surface area contributed by atoms with Crippen LogP contribution in [0.15, 0.2) is 35.1 Å². The van der Waals surface area contributed by atoms with Crippen molar-refractivity contribution in [2.24, 2.45) is 5.73 Å². The highest BCUT2D eigenvalue weighted by atomic mass is 79.9. The van der Waals surface area contributed by atoms with Gasteiger partial charge in [0.05, 0.1) is 12.7 Å². The van der Waals surface area contributed by atoms with E-state index in [9.17, 15) is 4.39 Å². The molecule has 0 aliphatic carbocycles. The first-order valence-electron chi connectivity index (χ1n) is 6.29. The summed E-state index contributed by atoms with van der Waals surface area (Å²) in [5.41, 5.74) is 7.90. The van der Waals surface area contributed by atoms with Crippen LogP contribution in [0, 0.1) is 5.82 Å². The number of rotatable bonds is 5. The van der Waals surface area contributed by atoms with Crippen LogP contribution in [0.5, 0.6) is 0 Å². The topological polar surface area (TPSA) is 43.8 Å². The fourth-order valence-corrected chi connectivity index (χ4v) is 2.26. The van der Waals surface area contributed by atoms with Gasteiger partial charge in [0.2, 0.25) is 0 Å². The molecule has 1 aromatic carbocycles. The van der Waals surface area contributed by atoms with Gasteiger partial charge in [-0.05, 0) is 42.2 Å². The lowest BCUT2D eigenvalue weighted by molar-refractivity contribution is 0.618. The summed E-state index contributed by atoms with van der Waals surface area (Å²) in [4.78, 5) is 0. The predicted octanol–water partition coefficient (Wildman–Crippen LogP) is 3.11. The van der Waals surface area contributed by atoms with Gasteiger partial charge < -0.3 is 5.73 Å². The normalized spacial score (nSPS) is 12.6. The van der Waals surface area contributed by atoms with Gasteiger partial charge in [0.15, 0.2) is 0 Å². The molecule has 0 spiro atoms. The van der Waals surface area contributed by atoms with E-state index in [4.69, 9.17) is 5.73 Å². The largest absolute Gasteiger partial charge is 0.327 e. The van der Waals surface area contributed by atoms with Crippen molar-refractivity contribution < 1.29 is 4.39 Å². The Balaban J connectivity index is 2.09. The molecule has 0 aliphatic rings. The Morgan fingerprint density at radius 1 is 1.47 bits per heavy atom. The van der Waals surface area contributed by atoms with E-state index in [0.29, 0.717) is 6.54 Å². The van der Waals surface area contributed by atoms with Gasteiger partial charge in [-0.25, -0.2) is 4.39 Å². The second kappa shape index (κ2) is 6.30. The van der Waals surface area contributed by atoms with Gasteiger partial charge >= 0.3 is 0 Å². The zero-order valence-corrected chi connectivity index (χ0v) is 12.4. The fourth-order valence-electron chi connectivity index (χ4n) is 1.88. The van der Waals surface area contributed by atoms with Gasteiger partial charge in [0.25, 0.3) is 0 Å². The molecule has 0 saturated heterocycles. The Labute approximate surface area is 120 Å². The number of benzene rings is 1. The molecule has 3 nitrogen and oxygen atoms in total. The molecule has 0 bridgehead atoms. The molecule has 19 heavy (non-hydrogen) atoms. The van der Waals surface area contributed by atoms with Gasteiger partial charge in [0.1, 0.15) is 5.82 Å². The molecule has 1 aromatic heterocycles. The van der Waals surface area contributed by atoms with Crippen LogP contribution in [0.4, 0.5) is 4.39 Å². The maximum absolute atomic E-state index is 13.2. The Morgan fingerprint density at radius 3 is 3.00 bits per heavy atom. The first-order valence-corrected chi connectivity index (χ1v) is 7.08. The zero-order valence-electron chi connectivity index (χ0n) is 10.8. The third-order valence-electron chi connectivity index (χ3n) is 3.05. The van der Waals surface area contributed by atoms with E-state index in [1.165, 1.54) is 12.1 Å². The second-order valence-electron chi connectivity index (χ2n) is 4.65. The Morgan fingerprint density at radius 2 is 2.26 bits per heavy atom. The van der Waals surface area contributed by atoms with E-state index in [1.807, 2.05) is 12.4 Å². The molecule has 0 amide bonds. The van der Waals surface area contributed by atoms with Crippen molar-refractivity contribution in [3.8, 4) is 0 Å². The molecule has 0 saturated carbocycles. The maximum atomic E-state index is 13.2. The third kappa shape index (κ3) is 3.88. The second-order valence-corrected chi connectivity index (χ2v) is 5.51. The van der Waals surface area contributed by atoms with Crippen LogP contribution in [-0.4, -0.2) is 15.8 Å². The van der Waals surface area contributed by atoms with Gasteiger partial charge in [-0.3, -0.25) is 4.68 Å². The Hall–Kier alpha value is -1.20. The number of nitrogens with two attached hydrogens (primary N) is 1. The average molecular weight is 326 g/mol. The molecule has 1 unspecified atom stereocenters. The molecule has 0 aliphatic heterocycles. The molecule has 102 valence electrons. The lowest BCUT2D eigenvalue weighted by Gasteiger charge is -2.06. The number of hydrogen-bond donors (Lipinski definition) is 1. The minimum Gasteiger partial charge on any atom is -0.327 e. The van der Waals surface area contributed by atoms with Crippen LogP contribution in [0.3, 0.4) is 0 Å². The highest BCUT2D eigenvalue weighted by molar-refractivity contribution is 9.10. The van der Waals surface area contributed by atoms with Gasteiger partial charge in [-0.1, -0.05) is 22.9 Å². The van der Waals surface area contributed by atoms with Crippen LogP contribution >= 0.6 is 15.9 Å². The summed E-state index contributed by atoms with van der Waals surface area (Å²) < 4.78 is 15.9. The number of nitrogens with zero attached hydrogens (tertiary/aromatic N) is 2. The molecule has 1 heterocycles. The summed E-state index contributed by atoms with van der Waals surface area (Å²) >= 11 is 3.42. The Bertz CT molecular complexity index is 553. The molecule has 0 radical (unpaired) electrons. The summed E-state index contributed by atoms with van der Waals surface area (Å²) in [6.45, 7) is 2.61. The van der Waals surface area contributed by atoms with Crippen molar-refractivity contribution in [1.82, 2.24) is 9.78 Å². The van der Waals surface area contributed by atoms with E-state index >= 15 is 0 Å².